The number of halogens is 1. The van der Waals surface area contributed by atoms with Gasteiger partial charge in [0, 0.05) is 11.4 Å². The smallest absolute Gasteiger partial charge is 0.261 e. The summed E-state index contributed by atoms with van der Waals surface area (Å²) in [7, 11) is 0. The van der Waals surface area contributed by atoms with E-state index in [1.165, 1.54) is 6.21 Å². The van der Waals surface area contributed by atoms with Crippen molar-refractivity contribution in [1.82, 2.24) is 15.2 Å². The van der Waals surface area contributed by atoms with Crippen LogP contribution in [0.4, 0.5) is 5.69 Å². The van der Waals surface area contributed by atoms with E-state index in [0.717, 1.165) is 11.4 Å². The van der Waals surface area contributed by atoms with Crippen LogP contribution in [0.3, 0.4) is 0 Å². The van der Waals surface area contributed by atoms with Crippen molar-refractivity contribution >= 4 is 35.3 Å². The molecule has 1 aromatic heterocycles. The van der Waals surface area contributed by atoms with E-state index in [1.807, 2.05) is 26.0 Å². The second-order valence-corrected chi connectivity index (χ2v) is 6.84. The minimum atomic E-state index is -0.303. The fraction of sp³-hybridized carbons (Fsp3) is 0.143. The molecule has 148 valence electrons. The Morgan fingerprint density at radius 1 is 1.14 bits per heavy atom. The summed E-state index contributed by atoms with van der Waals surface area (Å²) in [5, 5.41) is 11.4. The molecule has 1 heterocycles. The van der Waals surface area contributed by atoms with Gasteiger partial charge in [-0.25, -0.2) is 5.43 Å². The van der Waals surface area contributed by atoms with Gasteiger partial charge in [0.25, 0.3) is 11.8 Å². The summed E-state index contributed by atoms with van der Waals surface area (Å²) in [4.78, 5) is 24.4. The number of hydrazone groups is 1. The van der Waals surface area contributed by atoms with Gasteiger partial charge in [-0.1, -0.05) is 35.9 Å². The van der Waals surface area contributed by atoms with E-state index in [1.54, 1.807) is 47.1 Å². The Balaban J connectivity index is 1.59. The van der Waals surface area contributed by atoms with Crippen molar-refractivity contribution in [2.45, 2.75) is 20.4 Å². The molecule has 0 bridgehead atoms. The van der Waals surface area contributed by atoms with E-state index in [2.05, 4.69) is 20.9 Å². The van der Waals surface area contributed by atoms with Gasteiger partial charge < -0.3 is 5.32 Å². The number of anilines is 1. The molecule has 0 fully saturated rings. The second-order valence-electron chi connectivity index (χ2n) is 6.44. The first kappa shape index (κ1) is 20.3. The second kappa shape index (κ2) is 9.16. The van der Waals surface area contributed by atoms with Gasteiger partial charge in [0.05, 0.1) is 22.5 Å². The van der Waals surface area contributed by atoms with Gasteiger partial charge in [0.2, 0.25) is 0 Å². The van der Waals surface area contributed by atoms with Crippen LogP contribution in [-0.2, 0) is 11.3 Å². The molecule has 29 heavy (non-hydrogen) atoms. The van der Waals surface area contributed by atoms with Gasteiger partial charge >= 0.3 is 0 Å². The Labute approximate surface area is 173 Å². The quantitative estimate of drug-likeness (QED) is 0.482. The summed E-state index contributed by atoms with van der Waals surface area (Å²) in [6.45, 7) is 3.85. The molecule has 2 aromatic carbocycles. The molecule has 0 aliphatic heterocycles. The Hall–Kier alpha value is -3.45. The molecule has 0 spiro atoms. The molecule has 3 aromatic rings. The van der Waals surface area contributed by atoms with Crippen LogP contribution in [0.15, 0.2) is 59.7 Å². The third-order valence-electron chi connectivity index (χ3n) is 4.06. The normalized spacial score (nSPS) is 10.9. The maximum absolute atomic E-state index is 12.4. The molecule has 8 heteroatoms. The number of hydrogen-bond acceptors (Lipinski definition) is 4. The van der Waals surface area contributed by atoms with Crippen molar-refractivity contribution in [2.24, 2.45) is 5.10 Å². The van der Waals surface area contributed by atoms with Crippen molar-refractivity contribution in [3.63, 3.8) is 0 Å². The Morgan fingerprint density at radius 3 is 2.66 bits per heavy atom. The summed E-state index contributed by atoms with van der Waals surface area (Å²) in [6.07, 6.45) is 1.50. The fourth-order valence-corrected chi connectivity index (χ4v) is 2.95. The predicted molar refractivity (Wildman–Crippen MR) is 113 cm³/mol. The average molecular weight is 410 g/mol. The number of carbonyl (C=O) groups excluding carboxylic acids is 2. The largest absolute Gasteiger partial charge is 0.322 e. The lowest BCUT2D eigenvalue weighted by molar-refractivity contribution is -0.121. The predicted octanol–water partition coefficient (Wildman–Crippen LogP) is 3.56. The van der Waals surface area contributed by atoms with Gasteiger partial charge in [-0.3, -0.25) is 14.3 Å². The third-order valence-corrected chi connectivity index (χ3v) is 4.39. The van der Waals surface area contributed by atoms with E-state index in [0.29, 0.717) is 21.8 Å². The highest BCUT2D eigenvalue weighted by Gasteiger charge is 2.10. The van der Waals surface area contributed by atoms with Crippen LogP contribution in [-0.4, -0.2) is 27.8 Å². The fourth-order valence-electron chi connectivity index (χ4n) is 2.73. The van der Waals surface area contributed by atoms with Crippen LogP contribution in [0.2, 0.25) is 5.02 Å². The maximum atomic E-state index is 12.4. The van der Waals surface area contributed by atoms with E-state index in [-0.39, 0.29) is 18.4 Å². The van der Waals surface area contributed by atoms with Gasteiger partial charge in [0.1, 0.15) is 6.54 Å². The summed E-state index contributed by atoms with van der Waals surface area (Å²) in [5.74, 6) is -0.585. The van der Waals surface area contributed by atoms with Crippen molar-refractivity contribution in [2.75, 3.05) is 5.32 Å². The molecule has 0 radical (unpaired) electrons. The number of amides is 2. The molecule has 0 saturated heterocycles. The standard InChI is InChI=1S/C21H20ClN5O2/c1-14-10-15(2)27(26-14)13-20(28)25-23-12-16-6-5-7-17(11-16)24-21(29)18-8-3-4-9-19(18)22/h3-12H,13H2,1-2H3,(H,24,29)(H,25,28)/b23-12+. The topological polar surface area (TPSA) is 88.4 Å². The van der Waals surface area contributed by atoms with Gasteiger partial charge in [0.15, 0.2) is 0 Å². The molecule has 0 saturated carbocycles. The highest BCUT2D eigenvalue weighted by molar-refractivity contribution is 6.34. The highest BCUT2D eigenvalue weighted by Crippen LogP contribution is 2.17. The van der Waals surface area contributed by atoms with E-state index in [4.69, 9.17) is 11.6 Å². The molecule has 0 atom stereocenters. The lowest BCUT2D eigenvalue weighted by Crippen LogP contribution is -2.24. The Morgan fingerprint density at radius 2 is 1.93 bits per heavy atom. The first-order valence-corrected chi connectivity index (χ1v) is 9.29. The van der Waals surface area contributed by atoms with Crippen molar-refractivity contribution in [1.29, 1.82) is 0 Å². The summed E-state index contributed by atoms with van der Waals surface area (Å²) >= 11 is 6.06. The van der Waals surface area contributed by atoms with Gasteiger partial charge in [-0.2, -0.15) is 10.2 Å². The molecule has 0 aliphatic rings. The zero-order chi connectivity index (χ0) is 20.8. The number of aromatic nitrogens is 2. The van der Waals surface area contributed by atoms with Crippen molar-refractivity contribution in [3.8, 4) is 0 Å². The molecular weight excluding hydrogens is 390 g/mol. The van der Waals surface area contributed by atoms with Gasteiger partial charge in [-0.15, -0.1) is 0 Å². The molecule has 7 nitrogen and oxygen atoms in total. The van der Waals surface area contributed by atoms with E-state index in [9.17, 15) is 9.59 Å². The number of aryl methyl sites for hydroxylation is 2. The first-order valence-electron chi connectivity index (χ1n) is 8.91. The summed E-state index contributed by atoms with van der Waals surface area (Å²) in [6, 6.07) is 15.8. The summed E-state index contributed by atoms with van der Waals surface area (Å²) < 4.78 is 1.62. The number of nitrogens with zero attached hydrogens (tertiary/aromatic N) is 3. The Bertz CT molecular complexity index is 1070. The third kappa shape index (κ3) is 5.52. The molecule has 2 amide bonds. The monoisotopic (exact) mass is 409 g/mol. The molecule has 0 aliphatic carbocycles. The van der Waals surface area contributed by atoms with Crippen LogP contribution >= 0.6 is 11.6 Å². The zero-order valence-corrected chi connectivity index (χ0v) is 16.8. The van der Waals surface area contributed by atoms with Crippen molar-refractivity contribution < 1.29 is 9.59 Å². The SMILES string of the molecule is Cc1cc(C)n(CC(=O)N/N=C/c2cccc(NC(=O)c3ccccc3Cl)c2)n1. The molecule has 2 N–H and O–H groups in total. The minimum Gasteiger partial charge on any atom is -0.322 e. The highest BCUT2D eigenvalue weighted by atomic mass is 35.5. The number of carbonyl (C=O) groups is 2. The van der Waals surface area contributed by atoms with E-state index < -0.39 is 0 Å². The molecular formula is C21H20ClN5O2. The molecule has 3 rings (SSSR count). The summed E-state index contributed by atoms with van der Waals surface area (Å²) in [5.41, 5.74) is 5.94. The van der Waals surface area contributed by atoms with Crippen LogP contribution in [0.5, 0.6) is 0 Å². The van der Waals surface area contributed by atoms with Gasteiger partial charge in [-0.05, 0) is 49.7 Å². The van der Waals surface area contributed by atoms with Crippen LogP contribution < -0.4 is 10.7 Å². The minimum absolute atomic E-state index is 0.0882. The van der Waals surface area contributed by atoms with Crippen LogP contribution in [0, 0.1) is 13.8 Å². The number of benzene rings is 2. The lowest BCUT2D eigenvalue weighted by Gasteiger charge is -2.07. The van der Waals surface area contributed by atoms with E-state index >= 15 is 0 Å². The Kier molecular flexibility index (Phi) is 6.41. The first-order chi connectivity index (χ1) is 13.9. The zero-order valence-electron chi connectivity index (χ0n) is 16.0. The maximum Gasteiger partial charge on any atom is 0.261 e. The van der Waals surface area contributed by atoms with Crippen LogP contribution in [0.1, 0.15) is 27.3 Å². The number of nitrogens with one attached hydrogen (secondary N) is 2. The van der Waals surface area contributed by atoms with Crippen LogP contribution in [0.25, 0.3) is 0 Å². The average Bonchev–Trinajstić information content (AvgIpc) is 2.99. The molecule has 0 unspecified atom stereocenters. The number of hydrogen-bond donors (Lipinski definition) is 2. The number of rotatable bonds is 6. The lowest BCUT2D eigenvalue weighted by atomic mass is 10.2. The van der Waals surface area contributed by atoms with Crippen molar-refractivity contribution in [3.05, 3.63) is 82.1 Å².